The lowest BCUT2D eigenvalue weighted by Gasteiger charge is -2.10. The monoisotopic (exact) mass is 299 g/mol. The molecule has 110 valence electrons. The molecular weight excluding hydrogens is 282 g/mol. The summed E-state index contributed by atoms with van der Waals surface area (Å²) in [6.07, 6.45) is 0.599. The molecule has 0 saturated carbocycles. The Bertz CT molecular complexity index is 463. The second-order valence-corrected chi connectivity index (χ2v) is 3.70. The van der Waals surface area contributed by atoms with Crippen molar-refractivity contribution in [2.24, 2.45) is 10.8 Å². The summed E-state index contributed by atoms with van der Waals surface area (Å²) in [5.74, 6) is 0.300. The van der Waals surface area contributed by atoms with E-state index in [4.69, 9.17) is 16.0 Å². The zero-order chi connectivity index (χ0) is 13.9. The van der Waals surface area contributed by atoms with E-state index >= 15 is 0 Å². The van der Waals surface area contributed by atoms with Gasteiger partial charge in [-0.3, -0.25) is 4.79 Å². The number of amides is 1. The summed E-state index contributed by atoms with van der Waals surface area (Å²) >= 11 is 0. The molecule has 0 heterocycles. The van der Waals surface area contributed by atoms with Gasteiger partial charge in [-0.05, 0) is 24.1 Å². The Morgan fingerprint density at radius 2 is 2.20 bits per heavy atom. The minimum atomic E-state index is -0.214. The predicted octanol–water partition coefficient (Wildman–Crippen LogP) is 1.88. The number of nitrogens with two attached hydrogens (primary N) is 1. The Hall–Kier alpha value is -1.95. The molecular formula is C12H18ClN5O2. The molecule has 0 saturated heterocycles. The fraction of sp³-hybridized carbons (Fsp3) is 0.417. The highest BCUT2D eigenvalue weighted by molar-refractivity contribution is 5.96. The maximum atomic E-state index is 11.9. The third-order valence-corrected chi connectivity index (χ3v) is 2.29. The maximum Gasteiger partial charge on any atom is 0.255 e. The van der Waals surface area contributed by atoms with Crippen LogP contribution in [0.15, 0.2) is 29.4 Å². The van der Waals surface area contributed by atoms with Crippen molar-refractivity contribution in [1.29, 1.82) is 0 Å². The number of nitrogens with zero attached hydrogens (tertiary/aromatic N) is 3. The van der Waals surface area contributed by atoms with Gasteiger partial charge in [0.25, 0.3) is 5.91 Å². The van der Waals surface area contributed by atoms with E-state index in [0.29, 0.717) is 44.0 Å². The van der Waals surface area contributed by atoms with Crippen molar-refractivity contribution in [3.8, 4) is 5.75 Å². The molecule has 3 N–H and O–H groups in total. The highest BCUT2D eigenvalue weighted by Gasteiger charge is 2.10. The molecule has 7 nitrogen and oxygen atoms in total. The summed E-state index contributed by atoms with van der Waals surface area (Å²) in [5.41, 5.74) is 14.0. The lowest BCUT2D eigenvalue weighted by molar-refractivity contribution is 0.0949. The Labute approximate surface area is 123 Å². The van der Waals surface area contributed by atoms with Gasteiger partial charge in [-0.1, -0.05) is 17.2 Å². The average molecular weight is 300 g/mol. The van der Waals surface area contributed by atoms with Crippen LogP contribution >= 0.6 is 12.4 Å². The minimum Gasteiger partial charge on any atom is -0.491 e. The van der Waals surface area contributed by atoms with Gasteiger partial charge in [0.2, 0.25) is 0 Å². The van der Waals surface area contributed by atoms with Crippen LogP contribution in [0, 0.1) is 0 Å². The second kappa shape index (κ2) is 10.9. The largest absolute Gasteiger partial charge is 0.491 e. The van der Waals surface area contributed by atoms with Gasteiger partial charge >= 0.3 is 0 Å². The zero-order valence-corrected chi connectivity index (χ0v) is 11.8. The van der Waals surface area contributed by atoms with Gasteiger partial charge in [-0.25, -0.2) is 0 Å². The number of benzene rings is 1. The normalized spacial score (nSPS) is 9.05. The fourth-order valence-corrected chi connectivity index (χ4v) is 1.44. The van der Waals surface area contributed by atoms with Crippen LogP contribution in [-0.2, 0) is 0 Å². The van der Waals surface area contributed by atoms with Crippen molar-refractivity contribution in [2.45, 2.75) is 6.42 Å². The van der Waals surface area contributed by atoms with Crippen molar-refractivity contribution >= 4 is 18.3 Å². The van der Waals surface area contributed by atoms with Gasteiger partial charge in [0.15, 0.2) is 0 Å². The molecule has 1 aromatic rings. The smallest absolute Gasteiger partial charge is 0.255 e. The van der Waals surface area contributed by atoms with Gasteiger partial charge in [0, 0.05) is 24.5 Å². The van der Waals surface area contributed by atoms with Crippen molar-refractivity contribution in [3.63, 3.8) is 0 Å². The second-order valence-electron chi connectivity index (χ2n) is 3.70. The third kappa shape index (κ3) is 6.29. The number of nitrogens with one attached hydrogen (secondary N) is 1. The zero-order valence-electron chi connectivity index (χ0n) is 11.0. The molecule has 1 rings (SSSR count). The number of hydrogen-bond acceptors (Lipinski definition) is 4. The number of ether oxygens (including phenoxy) is 1. The molecule has 1 amide bonds. The number of rotatable bonds is 8. The van der Waals surface area contributed by atoms with E-state index in [1.807, 2.05) is 0 Å². The first-order valence-corrected chi connectivity index (χ1v) is 6.00. The van der Waals surface area contributed by atoms with Crippen LogP contribution in [0.2, 0.25) is 0 Å². The van der Waals surface area contributed by atoms with Gasteiger partial charge in [-0.15, -0.1) is 12.4 Å². The van der Waals surface area contributed by atoms with Crippen LogP contribution in [0.4, 0.5) is 0 Å². The summed E-state index contributed by atoms with van der Waals surface area (Å²) in [6, 6.07) is 6.98. The van der Waals surface area contributed by atoms with Crippen LogP contribution in [-0.4, -0.2) is 32.1 Å². The number of halogens is 1. The predicted molar refractivity (Wildman–Crippen MR) is 79.2 cm³/mol. The first-order chi connectivity index (χ1) is 9.29. The van der Waals surface area contributed by atoms with Crippen LogP contribution in [0.5, 0.6) is 5.75 Å². The lowest BCUT2D eigenvalue weighted by atomic mass is 10.2. The van der Waals surface area contributed by atoms with E-state index < -0.39 is 0 Å². The molecule has 0 aliphatic carbocycles. The summed E-state index contributed by atoms with van der Waals surface area (Å²) in [5, 5.41) is 6.13. The van der Waals surface area contributed by atoms with Gasteiger partial charge in [0.1, 0.15) is 12.4 Å². The van der Waals surface area contributed by atoms with Crippen molar-refractivity contribution in [1.82, 2.24) is 5.32 Å². The van der Waals surface area contributed by atoms with Gasteiger partial charge in [-0.2, -0.15) is 0 Å². The van der Waals surface area contributed by atoms with Crippen molar-refractivity contribution in [3.05, 3.63) is 40.3 Å². The van der Waals surface area contributed by atoms with E-state index in [1.54, 1.807) is 24.3 Å². The molecule has 1 aromatic carbocycles. The van der Waals surface area contributed by atoms with E-state index in [9.17, 15) is 4.79 Å². The first-order valence-electron chi connectivity index (χ1n) is 6.00. The van der Waals surface area contributed by atoms with E-state index in [2.05, 4.69) is 15.3 Å². The standard InChI is InChI=1S/C12H17N5O2.ClH/c13-6-9-19-11-5-2-1-4-10(11)12(18)15-7-3-8-16-17-14;/h1-2,4-5H,3,6-9,13H2,(H,15,18);1H. The molecule has 0 atom stereocenters. The number of hydrogen-bond donors (Lipinski definition) is 2. The van der Waals surface area contributed by atoms with Crippen LogP contribution in [0.3, 0.4) is 0 Å². The highest BCUT2D eigenvalue weighted by Crippen LogP contribution is 2.17. The average Bonchev–Trinajstić information content (AvgIpc) is 2.45. The van der Waals surface area contributed by atoms with E-state index in [0.717, 1.165) is 0 Å². The summed E-state index contributed by atoms with van der Waals surface area (Å²) in [6.45, 7) is 1.56. The van der Waals surface area contributed by atoms with Crippen molar-refractivity contribution in [2.75, 3.05) is 26.2 Å². The molecule has 20 heavy (non-hydrogen) atoms. The molecule has 0 aliphatic heterocycles. The molecule has 8 heteroatoms. The highest BCUT2D eigenvalue weighted by atomic mass is 35.5. The summed E-state index contributed by atoms with van der Waals surface area (Å²) < 4.78 is 5.40. The Balaban J connectivity index is 0.00000361. The number of carbonyl (C=O) groups is 1. The third-order valence-electron chi connectivity index (χ3n) is 2.29. The van der Waals surface area contributed by atoms with Gasteiger partial charge < -0.3 is 15.8 Å². The molecule has 0 radical (unpaired) electrons. The molecule has 0 fully saturated rings. The molecule has 0 bridgehead atoms. The minimum absolute atomic E-state index is 0. The summed E-state index contributed by atoms with van der Waals surface area (Å²) in [4.78, 5) is 14.6. The first kappa shape index (κ1) is 18.0. The number of azide groups is 1. The lowest BCUT2D eigenvalue weighted by Crippen LogP contribution is -2.25. The fourth-order valence-electron chi connectivity index (χ4n) is 1.44. The Morgan fingerprint density at radius 3 is 2.90 bits per heavy atom. The molecule has 0 spiro atoms. The van der Waals surface area contributed by atoms with E-state index in [-0.39, 0.29) is 18.3 Å². The Kier molecular flexibility index (Phi) is 9.86. The summed E-state index contributed by atoms with van der Waals surface area (Å²) in [7, 11) is 0. The molecule has 0 aromatic heterocycles. The number of para-hydroxylation sites is 1. The van der Waals surface area contributed by atoms with Crippen LogP contribution in [0.25, 0.3) is 10.4 Å². The molecule has 0 unspecified atom stereocenters. The van der Waals surface area contributed by atoms with Crippen LogP contribution in [0.1, 0.15) is 16.8 Å². The topological polar surface area (TPSA) is 113 Å². The van der Waals surface area contributed by atoms with Gasteiger partial charge in [0.05, 0.1) is 5.56 Å². The maximum absolute atomic E-state index is 11.9. The van der Waals surface area contributed by atoms with Crippen molar-refractivity contribution < 1.29 is 9.53 Å². The van der Waals surface area contributed by atoms with E-state index in [1.165, 1.54) is 0 Å². The SMILES string of the molecule is Cl.[N-]=[N+]=NCCCNC(=O)c1ccccc1OCCN. The quantitative estimate of drug-likeness (QED) is 0.330. The number of carbonyl (C=O) groups excluding carboxylic acids is 1. The Morgan fingerprint density at radius 1 is 1.45 bits per heavy atom. The molecule has 0 aliphatic rings. The van der Waals surface area contributed by atoms with Crippen LogP contribution < -0.4 is 15.8 Å².